The molecule has 18 atom stereocenters. The number of hydrogen-bond acceptors (Lipinski definition) is 16. The van der Waals surface area contributed by atoms with Gasteiger partial charge in [0.15, 0.2) is 11.7 Å². The van der Waals surface area contributed by atoms with Gasteiger partial charge < -0.3 is 76.7 Å². The lowest BCUT2D eigenvalue weighted by molar-refractivity contribution is -0.333. The predicted octanol–water partition coefficient (Wildman–Crippen LogP) is 5.85. The van der Waals surface area contributed by atoms with Crippen LogP contribution in [0.5, 0.6) is 0 Å². The van der Waals surface area contributed by atoms with Crippen LogP contribution in [0.25, 0.3) is 0 Å². The van der Waals surface area contributed by atoms with Crippen LogP contribution in [0, 0.1) is 35.5 Å². The minimum Gasteiger partial charge on any atom is -0.462 e. The van der Waals surface area contributed by atoms with Crippen LogP contribution in [0.1, 0.15) is 178 Å². The van der Waals surface area contributed by atoms with Crippen molar-refractivity contribution in [3.05, 3.63) is 59.8 Å². The molecule has 18 nitrogen and oxygen atoms in total. The first-order valence-corrected chi connectivity index (χ1v) is 29.0. The first-order chi connectivity index (χ1) is 36.6. The number of aliphatic imine (C=N–C) groups is 1. The molecule has 2 heterocycles. The fourth-order valence-electron chi connectivity index (χ4n) is 10.1. The maximum absolute atomic E-state index is 13.6. The van der Waals surface area contributed by atoms with Gasteiger partial charge in [0, 0.05) is 74.8 Å². The molecule has 0 saturated carbocycles. The summed E-state index contributed by atoms with van der Waals surface area (Å²) in [6, 6.07) is 0. The zero-order valence-electron chi connectivity index (χ0n) is 48.6. The van der Waals surface area contributed by atoms with Gasteiger partial charge in [0.25, 0.3) is 0 Å². The molecule has 0 radical (unpaired) electrons. The Morgan fingerprint density at radius 2 is 1.38 bits per heavy atom. The number of nitrogens with two attached hydrogens (primary N) is 2. The molecule has 0 aliphatic carbocycles. The summed E-state index contributed by atoms with van der Waals surface area (Å²) in [7, 11) is 0. The van der Waals surface area contributed by atoms with Crippen molar-refractivity contribution in [3.8, 4) is 0 Å². The summed E-state index contributed by atoms with van der Waals surface area (Å²) in [6.45, 7) is 17.2. The molecule has 2 bridgehead atoms. The van der Waals surface area contributed by atoms with Crippen molar-refractivity contribution in [1.82, 2.24) is 0 Å². The molecular formula is C60H105N3O15. The quantitative estimate of drug-likeness (QED) is 0.0301. The van der Waals surface area contributed by atoms with Gasteiger partial charge >= 0.3 is 11.9 Å². The fourth-order valence-corrected chi connectivity index (χ4v) is 10.1. The number of rotatable bonds is 15. The van der Waals surface area contributed by atoms with E-state index in [1.165, 1.54) is 0 Å². The molecule has 14 N–H and O–H groups in total. The van der Waals surface area contributed by atoms with E-state index in [-0.39, 0.29) is 75.6 Å². The van der Waals surface area contributed by atoms with Crippen LogP contribution in [0.15, 0.2) is 64.7 Å². The van der Waals surface area contributed by atoms with Crippen LogP contribution in [0.4, 0.5) is 0 Å². The van der Waals surface area contributed by atoms with E-state index in [9.17, 15) is 60.7 Å². The zero-order chi connectivity index (χ0) is 58.7. The third kappa shape index (κ3) is 27.3. The Bertz CT molecular complexity index is 1910. The zero-order valence-corrected chi connectivity index (χ0v) is 48.6. The van der Waals surface area contributed by atoms with Gasteiger partial charge in [-0.05, 0) is 95.0 Å². The largest absolute Gasteiger partial charge is 0.462 e. The van der Waals surface area contributed by atoms with E-state index in [0.29, 0.717) is 30.0 Å². The molecule has 450 valence electrons. The number of ether oxygens (including phenoxy) is 3. The van der Waals surface area contributed by atoms with E-state index in [1.807, 2.05) is 19.9 Å². The van der Waals surface area contributed by atoms with E-state index in [1.54, 1.807) is 65.0 Å². The average Bonchev–Trinajstić information content (AvgIpc) is 3.36. The summed E-state index contributed by atoms with van der Waals surface area (Å²) in [5.74, 6) is -4.91. The Morgan fingerprint density at radius 3 is 2.05 bits per heavy atom. The third-order valence-electron chi connectivity index (χ3n) is 15.6. The number of carbonyl (C=O) groups is 2. The molecular weight excluding hydrogens is 1000 g/mol. The highest BCUT2D eigenvalue weighted by molar-refractivity contribution is 5.88. The van der Waals surface area contributed by atoms with Gasteiger partial charge in [-0.25, -0.2) is 4.79 Å². The third-order valence-corrected chi connectivity index (χ3v) is 15.6. The predicted molar refractivity (Wildman–Crippen MR) is 303 cm³/mol. The van der Waals surface area contributed by atoms with Crippen LogP contribution < -0.4 is 11.5 Å². The molecule has 2 aliphatic rings. The molecule has 0 spiro atoms. The fraction of sp³-hybridized carbons (Fsp3) is 0.783. The Labute approximate surface area is 466 Å². The monoisotopic (exact) mass is 1110 g/mol. The standard InChI is InChI=1S/C60H105N3O15/c1-37(2)20-15-16-26-55(72)76-47-31-45(64)30-46(65)32-50(67)38(3)22-18-24-42(7)56(41(6)21-14-12-10-11-13-17-29-63-59(61)62)77-58(74)43(8)25-19-23-39(4)51(68)35-52(69)44(9)49(66)28-27-40(5)54(71)36-60(75)57(73)53(70)34-48(33-47)78-60/h10-11,18-19,22-25,37,39-42,44-54,56-57,64-71,73,75H,12-17,20-21,26-36H2,1-9H3,(H4,61,62,63)/b11-10-,23-19-,24-18-,38-22-,43-25-/t39-,40-,41-,42-,44-,45+,46+,47-,48-,49+,50-,51+,52+,53+,54-,56-,57-,60+/m0/s1. The summed E-state index contributed by atoms with van der Waals surface area (Å²) >= 11 is 0. The molecule has 0 aromatic heterocycles. The Kier molecular flexibility index (Phi) is 33.2. The average molecular weight is 1110 g/mol. The van der Waals surface area contributed by atoms with Gasteiger partial charge in [-0.15, -0.1) is 0 Å². The molecule has 0 unspecified atom stereocenters. The van der Waals surface area contributed by atoms with Gasteiger partial charge in [0.2, 0.25) is 0 Å². The molecule has 0 amide bonds. The smallest absolute Gasteiger partial charge is 0.334 e. The van der Waals surface area contributed by atoms with Crippen molar-refractivity contribution in [2.45, 2.75) is 257 Å². The van der Waals surface area contributed by atoms with E-state index < -0.39 is 115 Å². The van der Waals surface area contributed by atoms with E-state index in [0.717, 1.165) is 44.9 Å². The highest BCUT2D eigenvalue weighted by Crippen LogP contribution is 2.36. The maximum atomic E-state index is 13.6. The Morgan fingerprint density at radius 1 is 0.744 bits per heavy atom. The minimum absolute atomic E-state index is 0.0468. The summed E-state index contributed by atoms with van der Waals surface area (Å²) in [5.41, 5.74) is 11.7. The molecule has 2 aliphatic heterocycles. The second-order valence-electron chi connectivity index (χ2n) is 23.4. The second kappa shape index (κ2) is 36.7. The second-order valence-corrected chi connectivity index (χ2v) is 23.4. The molecule has 0 aromatic carbocycles. The molecule has 1 saturated heterocycles. The first-order valence-electron chi connectivity index (χ1n) is 29.0. The maximum Gasteiger partial charge on any atom is 0.334 e. The molecule has 78 heavy (non-hydrogen) atoms. The van der Waals surface area contributed by atoms with Crippen LogP contribution in [-0.4, -0.2) is 155 Å². The van der Waals surface area contributed by atoms with Gasteiger partial charge in [-0.3, -0.25) is 9.79 Å². The van der Waals surface area contributed by atoms with Crippen molar-refractivity contribution >= 4 is 17.9 Å². The van der Waals surface area contributed by atoms with Crippen molar-refractivity contribution in [3.63, 3.8) is 0 Å². The highest BCUT2D eigenvalue weighted by atomic mass is 16.7. The van der Waals surface area contributed by atoms with Gasteiger partial charge in [-0.2, -0.15) is 0 Å². The number of aliphatic hydroxyl groups is 10. The lowest BCUT2D eigenvalue weighted by Gasteiger charge is -2.45. The minimum atomic E-state index is -2.43. The number of carbonyl (C=O) groups excluding carboxylic acids is 2. The Balaban J connectivity index is 2.45. The number of hydrogen-bond donors (Lipinski definition) is 12. The highest BCUT2D eigenvalue weighted by Gasteiger charge is 2.50. The summed E-state index contributed by atoms with van der Waals surface area (Å²) in [4.78, 5) is 30.9. The SMILES string of the molecule is C/C1=C/C=C\[C@H](C)[C@H](O)C[C@@H](O)[C@@H](C)[C@H](O)CC[C@H](C)[C@@H](O)C[C@@]2(O)O[C@@H](C[C@@H](OC(=O)CCCCC(C)C)C[C@H](O)C[C@@H](O)C[C@H](O)/C(C)=C\C=C/[C@H](C)[C@H]([C@@H](C)CCC/C=C\CCCN=C(N)N)OC1=O)C[C@@H](O)[C@@H]2O. The van der Waals surface area contributed by atoms with Crippen LogP contribution in [0.2, 0.25) is 0 Å². The van der Waals surface area contributed by atoms with E-state index in [4.69, 9.17) is 25.7 Å². The van der Waals surface area contributed by atoms with E-state index >= 15 is 0 Å². The number of fused-ring (bicyclic) bond motifs is 2. The lowest BCUT2D eigenvalue weighted by atomic mass is 9.84. The Hall–Kier alpha value is -3.53. The number of aliphatic hydroxyl groups excluding tert-OH is 9. The van der Waals surface area contributed by atoms with E-state index in [2.05, 4.69) is 31.0 Å². The van der Waals surface area contributed by atoms with Gasteiger partial charge in [0.05, 0.1) is 54.9 Å². The number of cyclic esters (lactones) is 1. The van der Waals surface area contributed by atoms with Gasteiger partial charge in [-0.1, -0.05) is 110 Å². The number of unbranched alkanes of at least 4 members (excludes halogenated alkanes) is 3. The van der Waals surface area contributed by atoms with Crippen molar-refractivity contribution < 1.29 is 74.9 Å². The van der Waals surface area contributed by atoms with Crippen LogP contribution in [0.3, 0.4) is 0 Å². The van der Waals surface area contributed by atoms with Crippen molar-refractivity contribution in [2.24, 2.45) is 52.0 Å². The molecule has 2 rings (SSSR count). The normalized spacial score (nSPS) is 37.2. The number of allylic oxidation sites excluding steroid dienone is 6. The first kappa shape index (κ1) is 70.6. The van der Waals surface area contributed by atoms with Gasteiger partial charge in [0.1, 0.15) is 18.3 Å². The number of guanidine groups is 1. The van der Waals surface area contributed by atoms with Crippen molar-refractivity contribution in [2.75, 3.05) is 6.54 Å². The summed E-state index contributed by atoms with van der Waals surface area (Å²) in [5, 5.41) is 112. The van der Waals surface area contributed by atoms with Crippen LogP contribution >= 0.6 is 0 Å². The lowest BCUT2D eigenvalue weighted by Crippen LogP contribution is -2.60. The molecule has 18 heteroatoms. The topological polar surface area (TPSA) is 329 Å². The summed E-state index contributed by atoms with van der Waals surface area (Å²) in [6.07, 6.45) is 6.50. The van der Waals surface area contributed by atoms with Crippen molar-refractivity contribution in [1.29, 1.82) is 0 Å². The molecule has 0 aromatic rings. The number of esters is 2. The summed E-state index contributed by atoms with van der Waals surface area (Å²) < 4.78 is 18.1. The molecule has 1 fully saturated rings. The number of nitrogens with zero attached hydrogens (tertiary/aromatic N) is 1. The van der Waals surface area contributed by atoms with Crippen LogP contribution in [-0.2, 0) is 23.8 Å².